The van der Waals surface area contributed by atoms with Crippen LogP contribution in [0.25, 0.3) is 0 Å². The summed E-state index contributed by atoms with van der Waals surface area (Å²) >= 11 is 0. The van der Waals surface area contributed by atoms with Crippen LogP contribution >= 0.6 is 0 Å². The highest BCUT2D eigenvalue weighted by Crippen LogP contribution is 2.52. The number of rotatable bonds is 6. The van der Waals surface area contributed by atoms with Gasteiger partial charge in [-0.2, -0.15) is 0 Å². The average Bonchev–Trinajstić information content (AvgIpc) is 3.15. The lowest BCUT2D eigenvalue weighted by Crippen LogP contribution is -2.62. The molecule has 2 atom stereocenters. The fourth-order valence-corrected chi connectivity index (χ4v) is 3.30. The summed E-state index contributed by atoms with van der Waals surface area (Å²) in [5.41, 5.74) is 0. The molecular formula is C14H22N2O3. The van der Waals surface area contributed by atoms with Gasteiger partial charge in [0, 0.05) is 31.5 Å². The lowest BCUT2D eigenvalue weighted by molar-refractivity contribution is -0.137. The second-order valence-electron chi connectivity index (χ2n) is 6.21. The van der Waals surface area contributed by atoms with E-state index in [1.165, 1.54) is 25.7 Å². The second-order valence-corrected chi connectivity index (χ2v) is 6.21. The molecule has 5 nitrogen and oxygen atoms in total. The van der Waals surface area contributed by atoms with Gasteiger partial charge in [-0.25, -0.2) is 4.79 Å². The molecule has 106 valence electrons. The number of amides is 2. The molecule has 2 aliphatic carbocycles. The zero-order chi connectivity index (χ0) is 13.4. The highest BCUT2D eigenvalue weighted by Gasteiger charge is 2.54. The van der Waals surface area contributed by atoms with Crippen molar-refractivity contribution < 1.29 is 14.7 Å². The van der Waals surface area contributed by atoms with Gasteiger partial charge in [0.15, 0.2) is 0 Å². The molecule has 0 radical (unpaired) electrons. The van der Waals surface area contributed by atoms with Gasteiger partial charge in [-0.3, -0.25) is 4.79 Å². The average molecular weight is 266 g/mol. The minimum atomic E-state index is -0.803. The van der Waals surface area contributed by atoms with Crippen LogP contribution in [0.4, 0.5) is 4.79 Å². The number of nitrogens with one attached hydrogen (secondary N) is 1. The van der Waals surface area contributed by atoms with E-state index in [0.29, 0.717) is 19.0 Å². The third-order valence-corrected chi connectivity index (χ3v) is 4.64. The molecule has 1 saturated heterocycles. The maximum Gasteiger partial charge on any atom is 0.317 e. The van der Waals surface area contributed by atoms with Crippen molar-refractivity contribution in [3.8, 4) is 0 Å². The molecule has 2 amide bonds. The lowest BCUT2D eigenvalue weighted by atomic mass is 9.81. The molecule has 1 heterocycles. The number of urea groups is 1. The van der Waals surface area contributed by atoms with Gasteiger partial charge in [0.1, 0.15) is 0 Å². The van der Waals surface area contributed by atoms with Crippen molar-refractivity contribution in [3.05, 3.63) is 0 Å². The normalized spacial score (nSPS) is 29.8. The van der Waals surface area contributed by atoms with Crippen molar-refractivity contribution in [2.24, 2.45) is 17.8 Å². The Morgan fingerprint density at radius 2 is 1.84 bits per heavy atom. The van der Waals surface area contributed by atoms with Gasteiger partial charge in [0.2, 0.25) is 0 Å². The van der Waals surface area contributed by atoms with E-state index in [1.54, 1.807) is 0 Å². The molecule has 19 heavy (non-hydrogen) atoms. The first kappa shape index (κ1) is 12.8. The van der Waals surface area contributed by atoms with Crippen molar-refractivity contribution in [2.75, 3.05) is 13.1 Å². The summed E-state index contributed by atoms with van der Waals surface area (Å²) in [6.07, 6.45) is 5.88. The molecule has 0 spiro atoms. The SMILES string of the molecule is O=C(O)CCCNC(=O)N1CC(C2CC2)C1C1CC1. The van der Waals surface area contributed by atoms with E-state index in [2.05, 4.69) is 5.32 Å². The summed E-state index contributed by atoms with van der Waals surface area (Å²) < 4.78 is 0. The fraction of sp³-hybridized carbons (Fsp3) is 0.857. The summed E-state index contributed by atoms with van der Waals surface area (Å²) in [6.45, 7) is 1.38. The largest absolute Gasteiger partial charge is 0.481 e. The first-order valence-corrected chi connectivity index (χ1v) is 7.43. The van der Waals surface area contributed by atoms with Crippen LogP contribution in [-0.2, 0) is 4.79 Å². The number of carboxylic acid groups (broad SMARTS) is 1. The summed E-state index contributed by atoms with van der Waals surface area (Å²) in [7, 11) is 0. The quantitative estimate of drug-likeness (QED) is 0.719. The molecule has 0 bridgehead atoms. The zero-order valence-corrected chi connectivity index (χ0v) is 11.2. The number of hydrogen-bond acceptors (Lipinski definition) is 2. The summed E-state index contributed by atoms with van der Waals surface area (Å²) in [5.74, 6) is 1.56. The minimum Gasteiger partial charge on any atom is -0.481 e. The van der Waals surface area contributed by atoms with Gasteiger partial charge >= 0.3 is 12.0 Å². The molecule has 3 fully saturated rings. The number of aliphatic carboxylic acids is 1. The molecule has 3 aliphatic rings. The Bertz CT molecular complexity index is 377. The van der Waals surface area contributed by atoms with Crippen molar-refractivity contribution >= 4 is 12.0 Å². The van der Waals surface area contributed by atoms with E-state index in [1.807, 2.05) is 4.90 Å². The van der Waals surface area contributed by atoms with Crippen LogP contribution in [0, 0.1) is 17.8 Å². The third-order valence-electron chi connectivity index (χ3n) is 4.64. The molecular weight excluding hydrogens is 244 g/mol. The maximum absolute atomic E-state index is 12.1. The summed E-state index contributed by atoms with van der Waals surface area (Å²) in [6, 6.07) is 0.492. The van der Waals surface area contributed by atoms with Gasteiger partial charge in [-0.1, -0.05) is 0 Å². The lowest BCUT2D eigenvalue weighted by Gasteiger charge is -2.49. The molecule has 3 rings (SSSR count). The summed E-state index contributed by atoms with van der Waals surface area (Å²) in [4.78, 5) is 24.5. The Hall–Kier alpha value is -1.26. The standard InChI is InChI=1S/C14H22N2O3/c17-12(18)2-1-7-15-14(19)16-8-11(9-3-4-9)13(16)10-5-6-10/h9-11,13H,1-8H2,(H,15,19)(H,17,18). The number of hydrogen-bond donors (Lipinski definition) is 2. The van der Waals surface area contributed by atoms with Gasteiger partial charge in [-0.05, 0) is 43.9 Å². The minimum absolute atomic E-state index is 0.0131. The first-order chi connectivity index (χ1) is 9.16. The molecule has 0 aromatic carbocycles. The van der Waals surface area contributed by atoms with E-state index in [9.17, 15) is 9.59 Å². The zero-order valence-electron chi connectivity index (χ0n) is 11.2. The van der Waals surface area contributed by atoms with Gasteiger partial charge in [0.05, 0.1) is 0 Å². The van der Waals surface area contributed by atoms with Gasteiger partial charge < -0.3 is 15.3 Å². The van der Waals surface area contributed by atoms with Crippen LogP contribution in [0.5, 0.6) is 0 Å². The molecule has 0 aromatic heterocycles. The monoisotopic (exact) mass is 266 g/mol. The number of carbonyl (C=O) groups excluding carboxylic acids is 1. The Kier molecular flexibility index (Phi) is 3.37. The van der Waals surface area contributed by atoms with Gasteiger partial charge in [-0.15, -0.1) is 0 Å². The fourth-order valence-electron chi connectivity index (χ4n) is 3.30. The van der Waals surface area contributed by atoms with Crippen molar-refractivity contribution in [1.29, 1.82) is 0 Å². The third kappa shape index (κ3) is 2.85. The molecule has 2 saturated carbocycles. The van der Waals surface area contributed by atoms with Crippen molar-refractivity contribution in [2.45, 2.75) is 44.6 Å². The van der Waals surface area contributed by atoms with Crippen LogP contribution in [0.15, 0.2) is 0 Å². The van der Waals surface area contributed by atoms with Crippen LogP contribution in [0.3, 0.4) is 0 Å². The van der Waals surface area contributed by atoms with E-state index in [4.69, 9.17) is 5.11 Å². The van der Waals surface area contributed by atoms with E-state index in [-0.39, 0.29) is 12.5 Å². The van der Waals surface area contributed by atoms with Crippen LogP contribution in [0.1, 0.15) is 38.5 Å². The van der Waals surface area contributed by atoms with E-state index >= 15 is 0 Å². The van der Waals surface area contributed by atoms with Crippen molar-refractivity contribution in [1.82, 2.24) is 10.2 Å². The topological polar surface area (TPSA) is 69.6 Å². The molecule has 0 aromatic rings. The number of carbonyl (C=O) groups is 2. The van der Waals surface area contributed by atoms with Crippen LogP contribution < -0.4 is 5.32 Å². The highest BCUT2D eigenvalue weighted by atomic mass is 16.4. The Labute approximate surface area is 113 Å². The van der Waals surface area contributed by atoms with E-state index in [0.717, 1.165) is 24.3 Å². The van der Waals surface area contributed by atoms with Gasteiger partial charge in [0.25, 0.3) is 0 Å². The van der Waals surface area contributed by atoms with Crippen LogP contribution in [0.2, 0.25) is 0 Å². The molecule has 2 N–H and O–H groups in total. The Morgan fingerprint density at radius 1 is 1.16 bits per heavy atom. The van der Waals surface area contributed by atoms with E-state index < -0.39 is 5.97 Å². The number of likely N-dealkylation sites (tertiary alicyclic amines) is 1. The first-order valence-electron chi connectivity index (χ1n) is 7.43. The molecule has 2 unspecified atom stereocenters. The second kappa shape index (κ2) is 5.02. The predicted molar refractivity (Wildman–Crippen MR) is 69.7 cm³/mol. The maximum atomic E-state index is 12.1. The number of carboxylic acids is 1. The predicted octanol–water partition coefficient (Wildman–Crippen LogP) is 1.68. The smallest absolute Gasteiger partial charge is 0.317 e. The van der Waals surface area contributed by atoms with Crippen molar-refractivity contribution in [3.63, 3.8) is 0 Å². The molecule has 1 aliphatic heterocycles. The Balaban J connectivity index is 1.43. The van der Waals surface area contributed by atoms with Crippen LogP contribution in [-0.4, -0.2) is 41.1 Å². The highest BCUT2D eigenvalue weighted by molar-refractivity contribution is 5.76. The summed E-state index contributed by atoms with van der Waals surface area (Å²) in [5, 5.41) is 11.4. The molecule has 5 heteroatoms. The number of nitrogens with zero attached hydrogens (tertiary/aromatic N) is 1. The Morgan fingerprint density at radius 3 is 2.42 bits per heavy atom.